The van der Waals surface area contributed by atoms with Crippen LogP contribution in [0, 0.1) is 34.5 Å². The smallest absolute Gasteiger partial charge is 0.0612 e. The molecule has 3 saturated carbocycles. The van der Waals surface area contributed by atoms with Gasteiger partial charge in [0.2, 0.25) is 0 Å². The molecule has 0 radical (unpaired) electrons. The van der Waals surface area contributed by atoms with Gasteiger partial charge in [-0.1, -0.05) is 51.7 Å². The third kappa shape index (κ3) is 3.86. The lowest BCUT2D eigenvalue weighted by Crippen LogP contribution is -2.51. The number of aliphatic hydroxyl groups is 1. The van der Waals surface area contributed by atoms with Gasteiger partial charge < -0.3 is 9.84 Å². The predicted molar refractivity (Wildman–Crippen MR) is 121 cm³/mol. The lowest BCUT2D eigenvalue weighted by Gasteiger charge is -2.58. The maximum absolute atomic E-state index is 10.4. The maximum atomic E-state index is 10.4. The molecule has 0 aromatic heterocycles. The molecule has 0 aromatic rings. The highest BCUT2D eigenvalue weighted by Crippen LogP contribution is 2.66. The van der Waals surface area contributed by atoms with Crippen LogP contribution in [-0.4, -0.2) is 23.9 Å². The van der Waals surface area contributed by atoms with Crippen LogP contribution in [0.5, 0.6) is 0 Å². The average molecular weight is 403 g/mol. The van der Waals surface area contributed by atoms with E-state index >= 15 is 0 Å². The summed E-state index contributed by atoms with van der Waals surface area (Å²) in [6.07, 6.45) is 18.5. The SMILES string of the molecule is CCCCCCO[C@H]1CC[C@@]2(C)C(=CCC3C2CC[C@@]2(C)C3CC[C@@H]2C(C)O)C1. The summed E-state index contributed by atoms with van der Waals surface area (Å²) < 4.78 is 6.32. The zero-order valence-corrected chi connectivity index (χ0v) is 19.6. The first-order valence-electron chi connectivity index (χ1n) is 12.9. The van der Waals surface area contributed by atoms with Crippen molar-refractivity contribution in [1.82, 2.24) is 0 Å². The van der Waals surface area contributed by atoms with Crippen LogP contribution in [-0.2, 0) is 4.74 Å². The number of allylic oxidation sites excluding steroid dienone is 1. The summed E-state index contributed by atoms with van der Waals surface area (Å²) in [6, 6.07) is 0. The van der Waals surface area contributed by atoms with E-state index in [0.29, 0.717) is 22.9 Å². The van der Waals surface area contributed by atoms with Gasteiger partial charge in [-0.05, 0) is 99.2 Å². The first-order valence-corrected chi connectivity index (χ1v) is 12.9. The Morgan fingerprint density at radius 2 is 1.90 bits per heavy atom. The molecular weight excluding hydrogens is 356 g/mol. The van der Waals surface area contributed by atoms with Crippen molar-refractivity contribution in [3.05, 3.63) is 11.6 Å². The highest BCUT2D eigenvalue weighted by atomic mass is 16.5. The fourth-order valence-corrected chi connectivity index (χ4v) is 8.38. The van der Waals surface area contributed by atoms with Crippen molar-refractivity contribution in [3.63, 3.8) is 0 Å². The van der Waals surface area contributed by atoms with Gasteiger partial charge in [-0.25, -0.2) is 0 Å². The van der Waals surface area contributed by atoms with E-state index in [2.05, 4.69) is 26.8 Å². The molecule has 2 nitrogen and oxygen atoms in total. The van der Waals surface area contributed by atoms with Crippen LogP contribution < -0.4 is 0 Å². The number of rotatable bonds is 7. The number of hydrogen-bond donors (Lipinski definition) is 1. The highest BCUT2D eigenvalue weighted by molar-refractivity contribution is 5.25. The Hall–Kier alpha value is -0.340. The summed E-state index contributed by atoms with van der Waals surface area (Å²) >= 11 is 0. The van der Waals surface area contributed by atoms with Crippen LogP contribution in [0.15, 0.2) is 11.6 Å². The molecule has 0 heterocycles. The standard InChI is InChI=1S/C27H46O2/c1-5-6-7-8-17-29-21-13-15-26(3)20(18-21)9-10-22-24-12-11-23(19(2)28)27(24,4)16-14-25(22)26/h9,19,21-25,28H,5-8,10-18H2,1-4H3/t19?,21-,22?,23+,24?,25?,26-,27+/m0/s1. The first kappa shape index (κ1) is 21.9. The van der Waals surface area contributed by atoms with Crippen LogP contribution in [0.1, 0.15) is 105 Å². The Kier molecular flexibility index (Phi) is 6.53. The van der Waals surface area contributed by atoms with Gasteiger partial charge in [0.15, 0.2) is 0 Å². The normalized spacial score (nSPS) is 45.1. The minimum absolute atomic E-state index is 0.142. The Bertz CT molecular complexity index is 595. The van der Waals surface area contributed by atoms with Crippen LogP contribution >= 0.6 is 0 Å². The van der Waals surface area contributed by atoms with Crippen molar-refractivity contribution < 1.29 is 9.84 Å². The van der Waals surface area contributed by atoms with Gasteiger partial charge in [0.05, 0.1) is 12.2 Å². The van der Waals surface area contributed by atoms with Crippen molar-refractivity contribution in [2.24, 2.45) is 34.5 Å². The summed E-state index contributed by atoms with van der Waals surface area (Å²) in [5.41, 5.74) is 2.52. The van der Waals surface area contributed by atoms with E-state index in [1.165, 1.54) is 77.0 Å². The third-order valence-electron chi connectivity index (χ3n) is 10.1. The number of aliphatic hydroxyl groups excluding tert-OH is 1. The average Bonchev–Trinajstić information content (AvgIpc) is 3.05. The van der Waals surface area contributed by atoms with E-state index in [0.717, 1.165) is 24.4 Å². The lowest BCUT2D eigenvalue weighted by molar-refractivity contribution is -0.0725. The third-order valence-corrected chi connectivity index (χ3v) is 10.1. The molecule has 2 heteroatoms. The van der Waals surface area contributed by atoms with E-state index in [1.54, 1.807) is 5.57 Å². The molecule has 0 amide bonds. The predicted octanol–water partition coefficient (Wildman–Crippen LogP) is 6.91. The molecule has 4 unspecified atom stereocenters. The van der Waals surface area contributed by atoms with E-state index in [1.807, 2.05) is 6.92 Å². The molecular formula is C27H46O2. The maximum Gasteiger partial charge on any atom is 0.0612 e. The van der Waals surface area contributed by atoms with Gasteiger partial charge in [-0.15, -0.1) is 0 Å². The number of hydrogen-bond acceptors (Lipinski definition) is 2. The molecule has 0 saturated heterocycles. The molecule has 0 spiro atoms. The van der Waals surface area contributed by atoms with Gasteiger partial charge in [0.1, 0.15) is 0 Å². The fourth-order valence-electron chi connectivity index (χ4n) is 8.38. The molecule has 0 aliphatic heterocycles. The van der Waals surface area contributed by atoms with E-state index in [9.17, 15) is 5.11 Å². The molecule has 4 aliphatic rings. The fraction of sp³-hybridized carbons (Fsp3) is 0.926. The zero-order valence-electron chi connectivity index (χ0n) is 19.6. The van der Waals surface area contributed by atoms with Crippen LogP contribution in [0.4, 0.5) is 0 Å². The van der Waals surface area contributed by atoms with Crippen LogP contribution in [0.2, 0.25) is 0 Å². The molecule has 4 aliphatic carbocycles. The van der Waals surface area contributed by atoms with Crippen molar-refractivity contribution in [2.45, 2.75) is 117 Å². The van der Waals surface area contributed by atoms with Gasteiger partial charge in [0.25, 0.3) is 0 Å². The van der Waals surface area contributed by atoms with Crippen LogP contribution in [0.3, 0.4) is 0 Å². The molecule has 0 aromatic carbocycles. The molecule has 3 fully saturated rings. The lowest BCUT2D eigenvalue weighted by atomic mass is 9.47. The minimum Gasteiger partial charge on any atom is -0.393 e. The number of ether oxygens (including phenoxy) is 1. The first-order chi connectivity index (χ1) is 13.9. The molecule has 0 bridgehead atoms. The van der Waals surface area contributed by atoms with Crippen molar-refractivity contribution in [3.8, 4) is 0 Å². The molecule has 29 heavy (non-hydrogen) atoms. The monoisotopic (exact) mass is 402 g/mol. The summed E-state index contributed by atoms with van der Waals surface area (Å²) in [6.45, 7) is 10.4. The second kappa shape index (κ2) is 8.65. The molecule has 166 valence electrons. The van der Waals surface area contributed by atoms with Gasteiger partial charge in [0, 0.05) is 6.61 Å². The summed E-state index contributed by atoms with van der Waals surface area (Å²) in [5, 5.41) is 10.4. The largest absolute Gasteiger partial charge is 0.393 e. The molecule has 1 N–H and O–H groups in total. The van der Waals surface area contributed by atoms with Crippen molar-refractivity contribution in [1.29, 1.82) is 0 Å². The quantitative estimate of drug-likeness (QED) is 0.370. The summed E-state index contributed by atoms with van der Waals surface area (Å²) in [4.78, 5) is 0. The number of unbranched alkanes of at least 4 members (excludes halogenated alkanes) is 3. The Morgan fingerprint density at radius 3 is 2.66 bits per heavy atom. The highest BCUT2D eigenvalue weighted by Gasteiger charge is 2.59. The molecule has 8 atom stereocenters. The Labute approximate surface area is 179 Å². The van der Waals surface area contributed by atoms with Gasteiger partial charge >= 0.3 is 0 Å². The minimum atomic E-state index is -0.142. The van der Waals surface area contributed by atoms with Crippen molar-refractivity contribution in [2.75, 3.05) is 6.61 Å². The molecule has 4 rings (SSSR count). The van der Waals surface area contributed by atoms with Crippen LogP contribution in [0.25, 0.3) is 0 Å². The summed E-state index contributed by atoms with van der Waals surface area (Å²) in [7, 11) is 0. The Morgan fingerprint density at radius 1 is 1.07 bits per heavy atom. The van der Waals surface area contributed by atoms with Gasteiger partial charge in [-0.2, -0.15) is 0 Å². The Balaban J connectivity index is 1.42. The second-order valence-corrected chi connectivity index (χ2v) is 11.5. The van der Waals surface area contributed by atoms with Gasteiger partial charge in [-0.3, -0.25) is 0 Å². The summed E-state index contributed by atoms with van der Waals surface area (Å²) in [5.74, 6) is 3.04. The van der Waals surface area contributed by atoms with Crippen molar-refractivity contribution >= 4 is 0 Å². The van der Waals surface area contributed by atoms with E-state index in [-0.39, 0.29) is 6.10 Å². The topological polar surface area (TPSA) is 29.5 Å². The zero-order chi connectivity index (χ0) is 20.6. The van der Waals surface area contributed by atoms with E-state index in [4.69, 9.17) is 4.74 Å². The second-order valence-electron chi connectivity index (χ2n) is 11.5. The van der Waals surface area contributed by atoms with E-state index < -0.39 is 0 Å². The number of fused-ring (bicyclic) bond motifs is 5.